The molecule has 0 radical (unpaired) electrons. The minimum Gasteiger partial charge on any atom is -0.482 e. The molecule has 16 heavy (non-hydrogen) atoms. The van der Waals surface area contributed by atoms with Crippen LogP contribution in [0, 0.1) is 0 Å². The lowest BCUT2D eigenvalue weighted by Crippen LogP contribution is -2.33. The maximum Gasteiger partial charge on any atom is 0.180 e. The maximum absolute atomic E-state index is 9.11. The standard InChI is InChI=1S/C11H16N2O3/c1-2-9(11(12)13-15)16-10-6-4-3-5-8(10)7-14/h3-6,9,14-15H,2,7H2,1H3,(H2,12,13). The first-order valence-corrected chi connectivity index (χ1v) is 5.05. The minimum absolute atomic E-state index is 0.0234. The van der Waals surface area contributed by atoms with E-state index in [0.717, 1.165) is 0 Å². The molecule has 0 aromatic heterocycles. The van der Waals surface area contributed by atoms with E-state index in [4.69, 9.17) is 20.8 Å². The smallest absolute Gasteiger partial charge is 0.180 e. The number of benzene rings is 1. The van der Waals surface area contributed by atoms with Gasteiger partial charge < -0.3 is 20.8 Å². The molecular weight excluding hydrogens is 208 g/mol. The van der Waals surface area contributed by atoms with Crippen molar-refractivity contribution in [2.24, 2.45) is 10.9 Å². The van der Waals surface area contributed by atoms with Gasteiger partial charge in [0.15, 0.2) is 11.9 Å². The van der Waals surface area contributed by atoms with Crippen LogP contribution in [0.5, 0.6) is 5.75 Å². The van der Waals surface area contributed by atoms with Gasteiger partial charge in [0.2, 0.25) is 0 Å². The number of hydrogen-bond acceptors (Lipinski definition) is 4. The topological polar surface area (TPSA) is 88.1 Å². The Morgan fingerprint density at radius 1 is 1.50 bits per heavy atom. The molecule has 5 nitrogen and oxygen atoms in total. The summed E-state index contributed by atoms with van der Waals surface area (Å²) in [6.45, 7) is 1.76. The summed E-state index contributed by atoms with van der Waals surface area (Å²) in [5, 5.41) is 20.6. The van der Waals surface area contributed by atoms with Gasteiger partial charge in [-0.3, -0.25) is 0 Å². The van der Waals surface area contributed by atoms with Crippen molar-refractivity contribution in [1.29, 1.82) is 0 Å². The molecule has 88 valence electrons. The van der Waals surface area contributed by atoms with Gasteiger partial charge in [-0.15, -0.1) is 0 Å². The van der Waals surface area contributed by atoms with Crippen LogP contribution in [0.1, 0.15) is 18.9 Å². The molecule has 0 saturated carbocycles. The van der Waals surface area contributed by atoms with Gasteiger partial charge in [-0.2, -0.15) is 0 Å². The van der Waals surface area contributed by atoms with Crippen LogP contribution < -0.4 is 10.5 Å². The van der Waals surface area contributed by atoms with E-state index in [-0.39, 0.29) is 12.4 Å². The van der Waals surface area contributed by atoms with Crippen LogP contribution >= 0.6 is 0 Å². The summed E-state index contributed by atoms with van der Waals surface area (Å²) in [4.78, 5) is 0. The summed E-state index contributed by atoms with van der Waals surface area (Å²) < 4.78 is 5.56. The number of ether oxygens (including phenoxy) is 1. The molecule has 1 aromatic rings. The van der Waals surface area contributed by atoms with Gasteiger partial charge in [0.05, 0.1) is 6.61 Å². The number of nitrogens with two attached hydrogens (primary N) is 1. The monoisotopic (exact) mass is 224 g/mol. The minimum atomic E-state index is -0.488. The Hall–Kier alpha value is -1.75. The van der Waals surface area contributed by atoms with E-state index in [1.54, 1.807) is 18.2 Å². The van der Waals surface area contributed by atoms with Gasteiger partial charge in [-0.25, -0.2) is 0 Å². The normalized spacial score (nSPS) is 13.5. The summed E-state index contributed by atoms with van der Waals surface area (Å²) >= 11 is 0. The molecule has 1 atom stereocenters. The van der Waals surface area contributed by atoms with Crippen molar-refractivity contribution in [1.82, 2.24) is 0 Å². The van der Waals surface area contributed by atoms with Gasteiger partial charge in [0, 0.05) is 5.56 Å². The average molecular weight is 224 g/mol. The van der Waals surface area contributed by atoms with Gasteiger partial charge >= 0.3 is 0 Å². The number of aliphatic hydroxyl groups excluding tert-OH is 1. The van der Waals surface area contributed by atoms with Gasteiger partial charge in [0.25, 0.3) is 0 Å². The maximum atomic E-state index is 9.11. The summed E-state index contributed by atoms with van der Waals surface area (Å²) in [5.41, 5.74) is 6.15. The second-order valence-electron chi connectivity index (χ2n) is 3.31. The third-order valence-electron chi connectivity index (χ3n) is 2.23. The molecule has 1 unspecified atom stereocenters. The highest BCUT2D eigenvalue weighted by atomic mass is 16.5. The predicted molar refractivity (Wildman–Crippen MR) is 60.5 cm³/mol. The largest absolute Gasteiger partial charge is 0.482 e. The van der Waals surface area contributed by atoms with Crippen molar-refractivity contribution in [2.75, 3.05) is 0 Å². The van der Waals surface area contributed by atoms with Crippen molar-refractivity contribution < 1.29 is 15.1 Å². The molecular formula is C11H16N2O3. The fourth-order valence-electron chi connectivity index (χ4n) is 1.32. The first-order valence-electron chi connectivity index (χ1n) is 5.05. The number of rotatable bonds is 5. The van der Waals surface area contributed by atoms with Crippen molar-refractivity contribution >= 4 is 5.84 Å². The van der Waals surface area contributed by atoms with E-state index in [0.29, 0.717) is 17.7 Å². The summed E-state index contributed by atoms with van der Waals surface area (Å²) in [6.07, 6.45) is 0.0908. The second-order valence-corrected chi connectivity index (χ2v) is 3.31. The molecule has 0 spiro atoms. The Bertz CT molecular complexity index is 366. The van der Waals surface area contributed by atoms with E-state index in [9.17, 15) is 0 Å². The Morgan fingerprint density at radius 3 is 2.75 bits per heavy atom. The van der Waals surface area contributed by atoms with E-state index < -0.39 is 6.10 Å². The van der Waals surface area contributed by atoms with Crippen molar-refractivity contribution in [3.8, 4) is 5.75 Å². The number of aliphatic hydroxyl groups is 1. The Morgan fingerprint density at radius 2 is 2.19 bits per heavy atom. The predicted octanol–water partition coefficient (Wildman–Crippen LogP) is 1.08. The lowest BCUT2D eigenvalue weighted by atomic mass is 10.2. The third-order valence-corrected chi connectivity index (χ3v) is 2.23. The van der Waals surface area contributed by atoms with Crippen LogP contribution in [0.3, 0.4) is 0 Å². The second kappa shape index (κ2) is 5.97. The Kier molecular flexibility index (Phi) is 4.60. The van der Waals surface area contributed by atoms with E-state index in [1.807, 2.05) is 13.0 Å². The fourth-order valence-corrected chi connectivity index (χ4v) is 1.32. The molecule has 0 aliphatic carbocycles. The molecule has 0 aliphatic heterocycles. The summed E-state index contributed by atoms with van der Waals surface area (Å²) in [6, 6.07) is 7.10. The lowest BCUT2D eigenvalue weighted by molar-refractivity contribution is 0.231. The first-order chi connectivity index (χ1) is 7.72. The first kappa shape index (κ1) is 12.3. The van der Waals surface area contributed by atoms with E-state index >= 15 is 0 Å². The molecule has 0 amide bonds. The third kappa shape index (κ3) is 2.87. The zero-order valence-electron chi connectivity index (χ0n) is 9.13. The Balaban J connectivity index is 2.85. The SMILES string of the molecule is CCC(Oc1ccccc1CO)C(N)=NO. The van der Waals surface area contributed by atoms with Crippen molar-refractivity contribution in [2.45, 2.75) is 26.1 Å². The fraction of sp³-hybridized carbons (Fsp3) is 0.364. The summed E-state index contributed by atoms with van der Waals surface area (Å²) in [7, 11) is 0. The number of para-hydroxylation sites is 1. The van der Waals surface area contributed by atoms with Gasteiger partial charge in [-0.1, -0.05) is 30.3 Å². The molecule has 4 N–H and O–H groups in total. The number of nitrogens with zero attached hydrogens (tertiary/aromatic N) is 1. The van der Waals surface area contributed by atoms with Crippen LogP contribution in [-0.2, 0) is 6.61 Å². The molecule has 0 bridgehead atoms. The molecule has 1 rings (SSSR count). The van der Waals surface area contributed by atoms with Crippen molar-refractivity contribution in [3.63, 3.8) is 0 Å². The van der Waals surface area contributed by atoms with Crippen LogP contribution in [-0.4, -0.2) is 22.3 Å². The molecule has 0 aliphatic rings. The van der Waals surface area contributed by atoms with Crippen LogP contribution in [0.15, 0.2) is 29.4 Å². The highest BCUT2D eigenvalue weighted by Crippen LogP contribution is 2.19. The van der Waals surface area contributed by atoms with E-state index in [2.05, 4.69) is 5.16 Å². The zero-order chi connectivity index (χ0) is 12.0. The number of oxime groups is 1. The highest BCUT2D eigenvalue weighted by molar-refractivity contribution is 5.84. The van der Waals surface area contributed by atoms with Gasteiger partial charge in [-0.05, 0) is 12.5 Å². The molecule has 0 fully saturated rings. The molecule has 5 heteroatoms. The van der Waals surface area contributed by atoms with Crippen molar-refractivity contribution in [3.05, 3.63) is 29.8 Å². The van der Waals surface area contributed by atoms with Crippen LogP contribution in [0.2, 0.25) is 0 Å². The van der Waals surface area contributed by atoms with Crippen LogP contribution in [0.4, 0.5) is 0 Å². The van der Waals surface area contributed by atoms with Crippen LogP contribution in [0.25, 0.3) is 0 Å². The molecule has 1 aromatic carbocycles. The molecule has 0 heterocycles. The zero-order valence-corrected chi connectivity index (χ0v) is 9.13. The average Bonchev–Trinajstić information content (AvgIpc) is 2.35. The highest BCUT2D eigenvalue weighted by Gasteiger charge is 2.14. The van der Waals surface area contributed by atoms with Gasteiger partial charge in [0.1, 0.15) is 5.75 Å². The quantitative estimate of drug-likeness (QED) is 0.302. The molecule has 0 saturated heterocycles. The lowest BCUT2D eigenvalue weighted by Gasteiger charge is -2.17. The van der Waals surface area contributed by atoms with E-state index in [1.165, 1.54) is 0 Å². The number of hydrogen-bond donors (Lipinski definition) is 3. The Labute approximate surface area is 94.1 Å². The summed E-state index contributed by atoms with van der Waals surface area (Å²) in [5.74, 6) is 0.568. The number of amidine groups is 1.